The smallest absolute Gasteiger partial charge is 0.253 e. The molecule has 0 saturated carbocycles. The molecular weight excluding hydrogens is 288 g/mol. The average Bonchev–Trinajstić information content (AvgIpc) is 2.48. The van der Waals surface area contributed by atoms with E-state index < -0.39 is 10.0 Å². The Hall–Kier alpha value is -1.40. The number of benzene rings is 1. The summed E-state index contributed by atoms with van der Waals surface area (Å²) < 4.78 is 27.1. The summed E-state index contributed by atoms with van der Waals surface area (Å²) in [6.07, 6.45) is 0.706. The van der Waals surface area contributed by atoms with Crippen LogP contribution in [0.25, 0.3) is 0 Å². The van der Waals surface area contributed by atoms with E-state index in [1.54, 1.807) is 17.0 Å². The highest BCUT2D eigenvalue weighted by Gasteiger charge is 2.19. The van der Waals surface area contributed by atoms with Gasteiger partial charge in [-0.15, -0.1) is 0 Å². The Morgan fingerprint density at radius 1 is 1.24 bits per heavy atom. The Morgan fingerprint density at radius 3 is 2.38 bits per heavy atom. The van der Waals surface area contributed by atoms with Crippen molar-refractivity contribution >= 4 is 15.9 Å². The molecule has 0 saturated heterocycles. The van der Waals surface area contributed by atoms with Crippen LogP contribution in [0.3, 0.4) is 0 Å². The molecule has 1 rings (SSSR count). The zero-order valence-corrected chi connectivity index (χ0v) is 13.9. The van der Waals surface area contributed by atoms with Gasteiger partial charge in [-0.1, -0.05) is 13.0 Å². The predicted octanol–water partition coefficient (Wildman–Crippen LogP) is 2.25. The third kappa shape index (κ3) is 4.54. The number of hydrogen-bond donors (Lipinski definition) is 1. The first kappa shape index (κ1) is 17.7. The lowest BCUT2D eigenvalue weighted by atomic mass is 10.2. The number of carbonyl (C=O) groups excluding carboxylic acids is 1. The normalized spacial score (nSPS) is 13.0. The summed E-state index contributed by atoms with van der Waals surface area (Å²) in [6, 6.07) is 6.04. The molecule has 0 aliphatic carbocycles. The molecule has 1 atom stereocenters. The molecular formula is C15H24N2O3S. The fourth-order valence-corrected chi connectivity index (χ4v) is 3.28. The molecule has 1 N–H and O–H groups in total. The largest absolute Gasteiger partial charge is 0.339 e. The van der Waals surface area contributed by atoms with Gasteiger partial charge in [0.1, 0.15) is 0 Å². The van der Waals surface area contributed by atoms with Crippen LogP contribution in [0.2, 0.25) is 0 Å². The van der Waals surface area contributed by atoms with Gasteiger partial charge < -0.3 is 4.90 Å². The van der Waals surface area contributed by atoms with E-state index in [9.17, 15) is 13.2 Å². The monoisotopic (exact) mass is 312 g/mol. The van der Waals surface area contributed by atoms with Crippen molar-refractivity contribution in [3.05, 3.63) is 29.8 Å². The Bertz CT molecular complexity index is 580. The molecule has 0 aromatic heterocycles. The first-order valence-electron chi connectivity index (χ1n) is 7.27. The lowest BCUT2D eigenvalue weighted by Gasteiger charge is -2.19. The third-order valence-electron chi connectivity index (χ3n) is 3.41. The molecule has 1 amide bonds. The van der Waals surface area contributed by atoms with E-state index in [-0.39, 0.29) is 16.8 Å². The highest BCUT2D eigenvalue weighted by atomic mass is 32.2. The Balaban J connectivity index is 3.08. The van der Waals surface area contributed by atoms with Crippen LogP contribution in [0.1, 0.15) is 44.5 Å². The fraction of sp³-hybridized carbons (Fsp3) is 0.533. The summed E-state index contributed by atoms with van der Waals surface area (Å²) in [5.41, 5.74) is 0.394. The first-order valence-corrected chi connectivity index (χ1v) is 8.75. The minimum Gasteiger partial charge on any atom is -0.339 e. The van der Waals surface area contributed by atoms with Crippen LogP contribution in [0.5, 0.6) is 0 Å². The number of carbonyl (C=O) groups is 1. The maximum atomic E-state index is 12.3. The lowest BCUT2D eigenvalue weighted by molar-refractivity contribution is 0.0772. The van der Waals surface area contributed by atoms with Crippen molar-refractivity contribution in [1.29, 1.82) is 0 Å². The molecule has 118 valence electrons. The predicted molar refractivity (Wildman–Crippen MR) is 83.8 cm³/mol. The zero-order valence-electron chi connectivity index (χ0n) is 13.1. The summed E-state index contributed by atoms with van der Waals surface area (Å²) in [6.45, 7) is 8.70. The highest BCUT2D eigenvalue weighted by Crippen LogP contribution is 2.14. The number of nitrogens with one attached hydrogen (secondary N) is 1. The van der Waals surface area contributed by atoms with E-state index in [2.05, 4.69) is 4.72 Å². The second-order valence-corrected chi connectivity index (χ2v) is 6.65. The minimum absolute atomic E-state index is 0.126. The first-order chi connectivity index (χ1) is 9.85. The van der Waals surface area contributed by atoms with Crippen molar-refractivity contribution in [3.8, 4) is 0 Å². The third-order valence-corrected chi connectivity index (χ3v) is 5.00. The van der Waals surface area contributed by atoms with Crippen LogP contribution in [-0.4, -0.2) is 38.4 Å². The molecule has 5 nitrogen and oxygen atoms in total. The molecule has 1 aromatic rings. The molecule has 0 aliphatic rings. The SMILES string of the molecule is CCC(C)NS(=O)(=O)c1cccc(C(=O)N(CC)CC)c1. The topological polar surface area (TPSA) is 66.5 Å². The molecule has 0 radical (unpaired) electrons. The number of rotatable bonds is 7. The second-order valence-electron chi connectivity index (χ2n) is 4.94. The summed E-state index contributed by atoms with van der Waals surface area (Å²) in [5.74, 6) is -0.152. The molecule has 0 fully saturated rings. The van der Waals surface area contributed by atoms with Gasteiger partial charge in [-0.3, -0.25) is 4.79 Å². The van der Waals surface area contributed by atoms with E-state index in [0.717, 1.165) is 0 Å². The summed E-state index contributed by atoms with van der Waals surface area (Å²) in [5, 5.41) is 0. The van der Waals surface area contributed by atoms with E-state index in [1.165, 1.54) is 12.1 Å². The Labute approximate surface area is 127 Å². The van der Waals surface area contributed by atoms with Gasteiger partial charge in [0.15, 0.2) is 0 Å². The van der Waals surface area contributed by atoms with Gasteiger partial charge in [0.25, 0.3) is 5.91 Å². The molecule has 1 aromatic carbocycles. The average molecular weight is 312 g/mol. The van der Waals surface area contributed by atoms with E-state index in [0.29, 0.717) is 25.1 Å². The van der Waals surface area contributed by atoms with Crippen LogP contribution in [0.4, 0.5) is 0 Å². The van der Waals surface area contributed by atoms with Gasteiger partial charge in [-0.05, 0) is 45.4 Å². The number of hydrogen-bond acceptors (Lipinski definition) is 3. The van der Waals surface area contributed by atoms with Gasteiger partial charge in [0.05, 0.1) is 4.90 Å². The molecule has 0 heterocycles. The van der Waals surface area contributed by atoms with Crippen molar-refractivity contribution in [2.24, 2.45) is 0 Å². The van der Waals surface area contributed by atoms with Crippen LogP contribution in [0, 0.1) is 0 Å². The van der Waals surface area contributed by atoms with Crippen LogP contribution < -0.4 is 4.72 Å². The Kier molecular flexibility index (Phi) is 6.36. The molecule has 0 spiro atoms. The van der Waals surface area contributed by atoms with E-state index in [1.807, 2.05) is 27.7 Å². The molecule has 0 aliphatic heterocycles. The van der Waals surface area contributed by atoms with Crippen LogP contribution in [-0.2, 0) is 10.0 Å². The van der Waals surface area contributed by atoms with E-state index in [4.69, 9.17) is 0 Å². The molecule has 0 bridgehead atoms. The maximum Gasteiger partial charge on any atom is 0.253 e. The van der Waals surface area contributed by atoms with Crippen molar-refractivity contribution < 1.29 is 13.2 Å². The second kappa shape index (κ2) is 7.56. The van der Waals surface area contributed by atoms with Crippen LogP contribution in [0.15, 0.2) is 29.2 Å². The standard InChI is InChI=1S/C15H24N2O3S/c1-5-12(4)16-21(19,20)14-10-8-9-13(11-14)15(18)17(6-2)7-3/h8-12,16H,5-7H2,1-4H3. The summed E-state index contributed by atoms with van der Waals surface area (Å²) in [4.78, 5) is 14.1. The quantitative estimate of drug-likeness (QED) is 0.839. The van der Waals surface area contributed by atoms with E-state index >= 15 is 0 Å². The highest BCUT2D eigenvalue weighted by molar-refractivity contribution is 7.89. The van der Waals surface area contributed by atoms with Crippen molar-refractivity contribution in [3.63, 3.8) is 0 Å². The summed E-state index contributed by atoms with van der Waals surface area (Å²) in [7, 11) is -3.59. The van der Waals surface area contributed by atoms with Crippen molar-refractivity contribution in [1.82, 2.24) is 9.62 Å². The van der Waals surface area contributed by atoms with Crippen molar-refractivity contribution in [2.45, 2.75) is 45.1 Å². The minimum atomic E-state index is -3.59. The number of nitrogens with zero attached hydrogens (tertiary/aromatic N) is 1. The van der Waals surface area contributed by atoms with Gasteiger partial charge in [0.2, 0.25) is 10.0 Å². The van der Waals surface area contributed by atoms with Gasteiger partial charge in [-0.2, -0.15) is 0 Å². The van der Waals surface area contributed by atoms with Gasteiger partial charge in [-0.25, -0.2) is 13.1 Å². The number of sulfonamides is 1. The van der Waals surface area contributed by atoms with Gasteiger partial charge in [0, 0.05) is 24.7 Å². The zero-order chi connectivity index (χ0) is 16.0. The molecule has 21 heavy (non-hydrogen) atoms. The number of amides is 1. The fourth-order valence-electron chi connectivity index (χ4n) is 1.91. The van der Waals surface area contributed by atoms with Crippen molar-refractivity contribution in [2.75, 3.05) is 13.1 Å². The van der Waals surface area contributed by atoms with Crippen LogP contribution >= 0.6 is 0 Å². The summed E-state index contributed by atoms with van der Waals surface area (Å²) >= 11 is 0. The lowest BCUT2D eigenvalue weighted by Crippen LogP contribution is -2.33. The molecule has 1 unspecified atom stereocenters. The maximum absolute atomic E-state index is 12.3. The molecule has 6 heteroatoms. The van der Waals surface area contributed by atoms with Gasteiger partial charge >= 0.3 is 0 Å². The Morgan fingerprint density at radius 2 is 1.86 bits per heavy atom.